The Morgan fingerprint density at radius 2 is 1.44 bits per heavy atom. The van der Waals surface area contributed by atoms with Crippen LogP contribution < -0.4 is 0 Å². The van der Waals surface area contributed by atoms with Crippen LogP contribution in [0.4, 0.5) is 0 Å². The summed E-state index contributed by atoms with van der Waals surface area (Å²) in [6.45, 7) is -2.12. The molecule has 148 valence electrons. The van der Waals surface area contributed by atoms with Crippen molar-refractivity contribution in [3.8, 4) is 0 Å². The van der Waals surface area contributed by atoms with Crippen LogP contribution in [-0.2, 0) is 23.2 Å². The van der Waals surface area contributed by atoms with Gasteiger partial charge in [-0.25, -0.2) is 4.57 Å². The van der Waals surface area contributed by atoms with Crippen molar-refractivity contribution < 1.29 is 63.8 Å². The van der Waals surface area contributed by atoms with Crippen molar-refractivity contribution in [2.75, 3.05) is 13.2 Å². The van der Waals surface area contributed by atoms with Crippen LogP contribution in [0.1, 0.15) is 0 Å². The van der Waals surface area contributed by atoms with Gasteiger partial charge in [0.05, 0.1) is 13.2 Å². The summed E-state index contributed by atoms with van der Waals surface area (Å²) >= 11 is 0. The van der Waals surface area contributed by atoms with E-state index in [2.05, 4.69) is 9.05 Å². The van der Waals surface area contributed by atoms with E-state index in [4.69, 9.17) is 15.3 Å². The largest absolute Gasteiger partial charge is 0.473 e. The van der Waals surface area contributed by atoms with Gasteiger partial charge in [-0.15, -0.1) is 0 Å². The smallest absolute Gasteiger partial charge is 0.394 e. The molecule has 25 heavy (non-hydrogen) atoms. The molecule has 8 N–H and O–H groups in total. The van der Waals surface area contributed by atoms with Gasteiger partial charge in [-0.3, -0.25) is 9.05 Å². The average Bonchev–Trinajstić information content (AvgIpc) is 2.60. The number of rotatable bonds is 13. The third kappa shape index (κ3) is 7.94. The highest BCUT2D eigenvalue weighted by Crippen LogP contribution is 2.45. The van der Waals surface area contributed by atoms with E-state index in [1.807, 2.05) is 0 Å². The van der Waals surface area contributed by atoms with Gasteiger partial charge < -0.3 is 50.2 Å². The van der Waals surface area contributed by atoms with Gasteiger partial charge in [0.15, 0.2) is 18.7 Å². The average molecular weight is 392 g/mol. The number of carbonyl (C=O) groups excluding carboxylic acids is 2. The van der Waals surface area contributed by atoms with Gasteiger partial charge in [0.25, 0.3) is 0 Å². The molecular formula is C11H21O13P. The lowest BCUT2D eigenvalue weighted by atomic mass is 10.0. The minimum atomic E-state index is -5.09. The minimum Gasteiger partial charge on any atom is -0.394 e. The fourth-order valence-corrected chi connectivity index (χ4v) is 2.34. The van der Waals surface area contributed by atoms with Crippen LogP contribution >= 0.6 is 7.82 Å². The third-order valence-corrected chi connectivity index (χ3v) is 3.93. The molecule has 0 aromatic carbocycles. The van der Waals surface area contributed by atoms with Crippen molar-refractivity contribution in [1.29, 1.82) is 0 Å². The zero-order valence-electron chi connectivity index (χ0n) is 12.7. The number of hydrogen-bond donors (Lipinski definition) is 8. The zero-order chi connectivity index (χ0) is 19.8. The molecule has 0 heterocycles. The second-order valence-corrected chi connectivity index (χ2v) is 6.29. The van der Waals surface area contributed by atoms with Crippen molar-refractivity contribution in [2.24, 2.45) is 0 Å². The van der Waals surface area contributed by atoms with Crippen molar-refractivity contribution in [3.05, 3.63) is 0 Å². The van der Waals surface area contributed by atoms with Crippen molar-refractivity contribution in [3.63, 3.8) is 0 Å². The van der Waals surface area contributed by atoms with Crippen LogP contribution in [0.25, 0.3) is 0 Å². The Hall–Kier alpha value is -0.830. The number of carbonyl (C=O) groups is 2. The van der Waals surface area contributed by atoms with Gasteiger partial charge in [0.2, 0.25) is 0 Å². The van der Waals surface area contributed by atoms with Gasteiger partial charge in [-0.1, -0.05) is 0 Å². The maximum absolute atomic E-state index is 11.6. The minimum absolute atomic E-state index is 0.121. The van der Waals surface area contributed by atoms with Gasteiger partial charge in [0.1, 0.15) is 36.6 Å². The molecule has 0 aliphatic heterocycles. The highest BCUT2D eigenvalue weighted by atomic mass is 31.2. The molecule has 0 aromatic heterocycles. The summed E-state index contributed by atoms with van der Waals surface area (Å²) < 4.78 is 20.1. The number of aldehydes is 2. The molecular weight excluding hydrogens is 371 g/mol. The first-order valence-corrected chi connectivity index (χ1v) is 8.25. The van der Waals surface area contributed by atoms with Gasteiger partial charge >= 0.3 is 7.82 Å². The van der Waals surface area contributed by atoms with Crippen LogP contribution in [0, 0.1) is 0 Å². The number of phosphoric ester groups is 1. The summed E-state index contributed by atoms with van der Waals surface area (Å²) in [4.78, 5) is 30.4. The zero-order valence-corrected chi connectivity index (χ0v) is 13.6. The lowest BCUT2D eigenvalue weighted by Crippen LogP contribution is -2.46. The SMILES string of the molecule is O=C[C@H](OP(=O)(O)OC[C@@H](O)[C@@H](O)[C@H](O)[C@@H](O)C=O)[C@H](O)[C@H](O)CO. The number of aliphatic hydroxyl groups excluding tert-OH is 7. The number of phosphoric acid groups is 1. The van der Waals surface area contributed by atoms with E-state index in [0.717, 1.165) is 0 Å². The summed E-state index contributed by atoms with van der Waals surface area (Å²) in [5, 5.41) is 64.4. The highest BCUT2D eigenvalue weighted by molar-refractivity contribution is 7.47. The van der Waals surface area contributed by atoms with Crippen LogP contribution in [0.3, 0.4) is 0 Å². The Labute approximate surface area is 141 Å². The summed E-state index contributed by atoms with van der Waals surface area (Å²) in [5.74, 6) is 0. The Morgan fingerprint density at radius 1 is 0.880 bits per heavy atom. The molecule has 0 amide bonds. The van der Waals surface area contributed by atoms with Crippen LogP contribution in [0.5, 0.6) is 0 Å². The number of hydrogen-bond acceptors (Lipinski definition) is 12. The van der Waals surface area contributed by atoms with Crippen molar-refractivity contribution in [1.82, 2.24) is 0 Å². The summed E-state index contributed by atoms with van der Waals surface area (Å²) in [7, 11) is -5.09. The Morgan fingerprint density at radius 3 is 1.88 bits per heavy atom. The maximum Gasteiger partial charge on any atom is 0.473 e. The Kier molecular flexibility index (Phi) is 10.6. The second-order valence-electron chi connectivity index (χ2n) is 4.89. The van der Waals surface area contributed by atoms with E-state index < -0.39 is 63.8 Å². The molecule has 0 fully saturated rings. The van der Waals surface area contributed by atoms with Crippen molar-refractivity contribution in [2.45, 2.75) is 42.7 Å². The predicted molar refractivity (Wildman–Crippen MR) is 75.9 cm³/mol. The van der Waals surface area contributed by atoms with E-state index in [1.54, 1.807) is 0 Å². The maximum atomic E-state index is 11.6. The van der Waals surface area contributed by atoms with Gasteiger partial charge in [-0.2, -0.15) is 0 Å². The molecule has 1 unspecified atom stereocenters. The second kappa shape index (κ2) is 11.0. The first kappa shape index (κ1) is 24.2. The molecule has 0 aliphatic carbocycles. The molecule has 0 spiro atoms. The molecule has 0 rings (SSSR count). The molecule has 0 aliphatic rings. The fraction of sp³-hybridized carbons (Fsp3) is 0.818. The lowest BCUT2D eigenvalue weighted by molar-refractivity contribution is -0.137. The topological polar surface area (TPSA) is 232 Å². The molecule has 8 atom stereocenters. The van der Waals surface area contributed by atoms with Crippen LogP contribution in [0.2, 0.25) is 0 Å². The van der Waals surface area contributed by atoms with Gasteiger partial charge in [-0.05, 0) is 0 Å². The summed E-state index contributed by atoms with van der Waals surface area (Å²) in [6, 6.07) is 0. The standard InChI is InChI=1S/C11H21O13P/c12-1-5(15)9(18)8(3-14)24-25(21,22)23-4-7(17)11(20)10(19)6(16)2-13/h2-3,5-12,15-20H,1,4H2,(H,21,22)/t5-,6+,7-,8+,9-,10-,11-/m1/s1. The third-order valence-electron chi connectivity index (χ3n) is 2.95. The van der Waals surface area contributed by atoms with Crippen LogP contribution in [-0.4, -0.2) is 109 Å². The number of aliphatic hydroxyl groups is 7. The monoisotopic (exact) mass is 392 g/mol. The fourth-order valence-electron chi connectivity index (χ4n) is 1.46. The summed E-state index contributed by atoms with van der Waals surface area (Å²) in [5.41, 5.74) is 0. The van der Waals surface area contributed by atoms with E-state index in [0.29, 0.717) is 0 Å². The molecule has 0 aromatic rings. The highest BCUT2D eigenvalue weighted by Gasteiger charge is 2.36. The quantitative estimate of drug-likeness (QED) is 0.108. The van der Waals surface area contributed by atoms with E-state index in [-0.39, 0.29) is 12.6 Å². The van der Waals surface area contributed by atoms with E-state index >= 15 is 0 Å². The van der Waals surface area contributed by atoms with Crippen LogP contribution in [0.15, 0.2) is 0 Å². The van der Waals surface area contributed by atoms with E-state index in [9.17, 15) is 39.5 Å². The first-order valence-electron chi connectivity index (χ1n) is 6.76. The van der Waals surface area contributed by atoms with Crippen molar-refractivity contribution >= 4 is 20.4 Å². The molecule has 0 radical (unpaired) electrons. The lowest BCUT2D eigenvalue weighted by Gasteiger charge is -2.26. The molecule has 14 heteroatoms. The molecule has 0 bridgehead atoms. The Balaban J connectivity index is 4.72. The first-order chi connectivity index (χ1) is 11.5. The predicted octanol–water partition coefficient (Wildman–Crippen LogP) is -4.96. The summed E-state index contributed by atoms with van der Waals surface area (Å²) in [6.07, 6.45) is -14.6. The normalized spacial score (nSPS) is 22.7. The molecule has 0 saturated heterocycles. The Bertz CT molecular complexity index is 459. The molecule has 13 nitrogen and oxygen atoms in total. The van der Waals surface area contributed by atoms with Gasteiger partial charge in [0, 0.05) is 0 Å². The molecule has 0 saturated carbocycles. The van der Waals surface area contributed by atoms with E-state index in [1.165, 1.54) is 0 Å².